The summed E-state index contributed by atoms with van der Waals surface area (Å²) in [5, 5.41) is 9.22. The fraction of sp³-hybridized carbons (Fsp3) is 0.111. The van der Waals surface area contributed by atoms with E-state index in [2.05, 4.69) is 10.3 Å². The number of ether oxygens (including phenoxy) is 1. The monoisotopic (exact) mass is 356 g/mol. The third-order valence-corrected chi connectivity index (χ3v) is 4.79. The van der Waals surface area contributed by atoms with E-state index in [1.165, 1.54) is 17.4 Å². The number of nitrogens with one attached hydrogen (secondary N) is 1. The van der Waals surface area contributed by atoms with Crippen molar-refractivity contribution in [2.24, 2.45) is 0 Å². The first-order valence-electron chi connectivity index (χ1n) is 7.27. The maximum Gasteiger partial charge on any atom is 0.250 e. The van der Waals surface area contributed by atoms with Crippen molar-refractivity contribution >= 4 is 39.8 Å². The average molecular weight is 356 g/mol. The molecule has 2 aromatic heterocycles. The van der Waals surface area contributed by atoms with Crippen molar-refractivity contribution < 1.29 is 9.53 Å². The van der Waals surface area contributed by atoms with Gasteiger partial charge in [-0.1, -0.05) is 11.6 Å². The van der Waals surface area contributed by atoms with E-state index in [4.69, 9.17) is 4.74 Å². The minimum absolute atomic E-state index is 0.196. The number of thiazole rings is 1. The van der Waals surface area contributed by atoms with Gasteiger partial charge >= 0.3 is 0 Å². The van der Waals surface area contributed by atoms with Crippen LogP contribution >= 0.6 is 22.7 Å². The van der Waals surface area contributed by atoms with Crippen molar-refractivity contribution in [3.8, 4) is 17.0 Å². The molecule has 0 saturated carbocycles. The third kappa shape index (κ3) is 3.90. The number of nitrogens with zero attached hydrogens (tertiary/aromatic N) is 1. The van der Waals surface area contributed by atoms with Crippen molar-refractivity contribution in [2.45, 2.75) is 6.92 Å². The van der Waals surface area contributed by atoms with Crippen molar-refractivity contribution in [1.29, 1.82) is 0 Å². The molecule has 0 unspecified atom stereocenters. The van der Waals surface area contributed by atoms with Crippen LogP contribution in [0.25, 0.3) is 17.3 Å². The van der Waals surface area contributed by atoms with E-state index < -0.39 is 0 Å². The van der Waals surface area contributed by atoms with Gasteiger partial charge < -0.3 is 4.74 Å². The van der Waals surface area contributed by atoms with Gasteiger partial charge in [-0.05, 0) is 47.5 Å². The van der Waals surface area contributed by atoms with Crippen LogP contribution in [0.3, 0.4) is 0 Å². The molecule has 1 N–H and O–H groups in total. The zero-order valence-corrected chi connectivity index (χ0v) is 14.9. The predicted molar refractivity (Wildman–Crippen MR) is 101 cm³/mol. The Morgan fingerprint density at radius 3 is 2.92 bits per heavy atom. The van der Waals surface area contributed by atoms with Gasteiger partial charge in [0.1, 0.15) is 5.75 Å². The molecular formula is C18H16N2O2S2. The molecule has 0 saturated heterocycles. The Labute approximate surface area is 148 Å². The first-order chi connectivity index (χ1) is 11.7. The number of carbonyl (C=O) groups is 1. The molecule has 24 heavy (non-hydrogen) atoms. The van der Waals surface area contributed by atoms with Gasteiger partial charge in [0.05, 0.1) is 12.8 Å². The van der Waals surface area contributed by atoms with Crippen LogP contribution in [0.4, 0.5) is 5.13 Å². The summed E-state index contributed by atoms with van der Waals surface area (Å²) in [5.41, 5.74) is 3.85. The molecule has 0 aliphatic rings. The van der Waals surface area contributed by atoms with Crippen LogP contribution in [-0.4, -0.2) is 18.0 Å². The highest BCUT2D eigenvalue weighted by Gasteiger charge is 2.11. The fourth-order valence-corrected chi connectivity index (χ4v) is 3.51. The van der Waals surface area contributed by atoms with Crippen LogP contribution in [0.15, 0.2) is 46.5 Å². The number of thiophene rings is 1. The molecule has 0 bridgehead atoms. The van der Waals surface area contributed by atoms with Crippen molar-refractivity contribution in [1.82, 2.24) is 4.98 Å². The van der Waals surface area contributed by atoms with Gasteiger partial charge in [0.15, 0.2) is 5.13 Å². The minimum atomic E-state index is -0.196. The highest BCUT2D eigenvalue weighted by molar-refractivity contribution is 7.14. The van der Waals surface area contributed by atoms with Crippen molar-refractivity contribution in [3.05, 3.63) is 57.6 Å². The van der Waals surface area contributed by atoms with Crippen LogP contribution < -0.4 is 10.1 Å². The largest absolute Gasteiger partial charge is 0.496 e. The number of benzene rings is 1. The quantitative estimate of drug-likeness (QED) is 0.666. The number of carbonyl (C=O) groups excluding carboxylic acids is 1. The maximum absolute atomic E-state index is 12.0. The highest BCUT2D eigenvalue weighted by Crippen LogP contribution is 2.32. The Balaban J connectivity index is 1.74. The maximum atomic E-state index is 12.0. The number of hydrogen-bond acceptors (Lipinski definition) is 5. The van der Waals surface area contributed by atoms with Crippen LogP contribution in [0.1, 0.15) is 11.1 Å². The molecule has 0 aliphatic carbocycles. The molecule has 0 spiro atoms. The number of methoxy groups -OCH3 is 1. The van der Waals surface area contributed by atoms with E-state index in [-0.39, 0.29) is 5.91 Å². The van der Waals surface area contributed by atoms with Crippen LogP contribution in [0.2, 0.25) is 0 Å². The summed E-state index contributed by atoms with van der Waals surface area (Å²) in [6, 6.07) is 7.90. The number of aryl methyl sites for hydroxylation is 1. The Morgan fingerprint density at radius 1 is 1.29 bits per heavy atom. The Bertz CT molecular complexity index is 867. The summed E-state index contributed by atoms with van der Waals surface area (Å²) in [4.78, 5) is 16.5. The van der Waals surface area contributed by atoms with Gasteiger partial charge in [-0.2, -0.15) is 11.3 Å². The molecule has 4 nitrogen and oxygen atoms in total. The number of anilines is 1. The number of rotatable bonds is 5. The van der Waals surface area contributed by atoms with Crippen LogP contribution in [0.5, 0.6) is 5.75 Å². The predicted octanol–water partition coefficient (Wildman–Crippen LogP) is 4.84. The molecule has 3 rings (SSSR count). The van der Waals surface area contributed by atoms with Gasteiger partial charge in [-0.25, -0.2) is 4.98 Å². The number of aromatic nitrogens is 1. The number of hydrogen-bond donors (Lipinski definition) is 1. The number of amides is 1. The molecule has 3 aromatic rings. The zero-order chi connectivity index (χ0) is 16.9. The van der Waals surface area contributed by atoms with E-state index in [1.54, 1.807) is 24.5 Å². The zero-order valence-electron chi connectivity index (χ0n) is 13.3. The van der Waals surface area contributed by atoms with Crippen molar-refractivity contribution in [2.75, 3.05) is 12.4 Å². The lowest BCUT2D eigenvalue weighted by atomic mass is 10.1. The summed E-state index contributed by atoms with van der Waals surface area (Å²) in [7, 11) is 1.64. The molecule has 0 aliphatic heterocycles. The van der Waals surface area contributed by atoms with Gasteiger partial charge in [-0.15, -0.1) is 11.3 Å². The molecule has 2 heterocycles. The molecular weight excluding hydrogens is 340 g/mol. The first-order valence-corrected chi connectivity index (χ1v) is 9.10. The van der Waals surface area contributed by atoms with Crippen LogP contribution in [-0.2, 0) is 4.79 Å². The molecule has 0 atom stereocenters. The standard InChI is InChI=1S/C18H16N2O2S2/c1-12-3-5-16(22-2)14(9-12)15-11-24-18(19-15)20-17(21)6-4-13-7-8-23-10-13/h3-11H,1-2H3,(H,19,20,21)/b6-4+. The van der Waals surface area contributed by atoms with Crippen molar-refractivity contribution in [3.63, 3.8) is 0 Å². The molecule has 0 radical (unpaired) electrons. The molecule has 6 heteroatoms. The Hall–Kier alpha value is -2.44. The first kappa shape index (κ1) is 16.4. The van der Waals surface area contributed by atoms with E-state index in [1.807, 2.05) is 47.3 Å². The van der Waals surface area contributed by atoms with E-state index in [9.17, 15) is 4.79 Å². The van der Waals surface area contributed by atoms with E-state index in [0.717, 1.165) is 28.1 Å². The third-order valence-electron chi connectivity index (χ3n) is 3.34. The van der Waals surface area contributed by atoms with E-state index >= 15 is 0 Å². The van der Waals surface area contributed by atoms with Gasteiger partial charge in [0.2, 0.25) is 5.91 Å². The smallest absolute Gasteiger partial charge is 0.250 e. The Morgan fingerprint density at radius 2 is 2.17 bits per heavy atom. The van der Waals surface area contributed by atoms with Gasteiger partial charge in [-0.3, -0.25) is 10.1 Å². The normalized spacial score (nSPS) is 10.9. The summed E-state index contributed by atoms with van der Waals surface area (Å²) < 4.78 is 5.39. The minimum Gasteiger partial charge on any atom is -0.496 e. The second-order valence-electron chi connectivity index (χ2n) is 5.12. The topological polar surface area (TPSA) is 51.2 Å². The summed E-state index contributed by atoms with van der Waals surface area (Å²) in [6.45, 7) is 2.02. The fourth-order valence-electron chi connectivity index (χ4n) is 2.17. The average Bonchev–Trinajstić information content (AvgIpc) is 3.24. The molecule has 1 amide bonds. The Kier molecular flexibility index (Phi) is 5.08. The lowest BCUT2D eigenvalue weighted by Gasteiger charge is -2.07. The molecule has 1 aromatic carbocycles. The molecule has 0 fully saturated rings. The van der Waals surface area contributed by atoms with Gasteiger partial charge in [0.25, 0.3) is 0 Å². The SMILES string of the molecule is COc1ccc(C)cc1-c1csc(NC(=O)/C=C/c2ccsc2)n1. The second kappa shape index (κ2) is 7.42. The highest BCUT2D eigenvalue weighted by atomic mass is 32.1. The summed E-state index contributed by atoms with van der Waals surface area (Å²) in [6.07, 6.45) is 3.29. The lowest BCUT2D eigenvalue weighted by molar-refractivity contribution is -0.111. The summed E-state index contributed by atoms with van der Waals surface area (Å²) >= 11 is 2.99. The van der Waals surface area contributed by atoms with Gasteiger partial charge in [0, 0.05) is 17.0 Å². The summed E-state index contributed by atoms with van der Waals surface area (Å²) in [5.74, 6) is 0.569. The lowest BCUT2D eigenvalue weighted by Crippen LogP contribution is -2.07. The molecule has 122 valence electrons. The van der Waals surface area contributed by atoms with Crippen LogP contribution in [0, 0.1) is 6.92 Å². The second-order valence-corrected chi connectivity index (χ2v) is 6.76. The van der Waals surface area contributed by atoms with E-state index in [0.29, 0.717) is 5.13 Å².